The van der Waals surface area contributed by atoms with E-state index < -0.39 is 4.92 Å². The summed E-state index contributed by atoms with van der Waals surface area (Å²) in [5.41, 5.74) is 0.895. The summed E-state index contributed by atoms with van der Waals surface area (Å²) in [6.07, 6.45) is 3.24. The number of hydrogen-bond acceptors (Lipinski definition) is 7. The average molecular weight is 315 g/mol. The number of nitrogens with zero attached hydrogens (tertiary/aromatic N) is 3. The second kappa shape index (κ2) is 6.47. The molecule has 0 atom stereocenters. The van der Waals surface area contributed by atoms with E-state index in [1.165, 1.54) is 6.20 Å². The topological polar surface area (TPSA) is 102 Å². The second-order valence-corrected chi connectivity index (χ2v) is 5.31. The molecule has 1 aromatic heterocycles. The predicted octanol–water partition coefficient (Wildman–Crippen LogP) is 2.58. The number of ether oxygens (including phenoxy) is 1. The van der Waals surface area contributed by atoms with Gasteiger partial charge in [-0.05, 0) is 30.5 Å². The molecule has 0 spiro atoms. The molecule has 0 radical (unpaired) electrons. The molecule has 1 aliphatic carbocycles. The van der Waals surface area contributed by atoms with Crippen LogP contribution in [-0.2, 0) is 6.54 Å². The lowest BCUT2D eigenvalue weighted by Gasteiger charge is -2.09. The summed E-state index contributed by atoms with van der Waals surface area (Å²) in [7, 11) is 1.61. The first-order valence-corrected chi connectivity index (χ1v) is 7.30. The molecule has 120 valence electrons. The van der Waals surface area contributed by atoms with Crippen LogP contribution in [0.5, 0.6) is 5.75 Å². The molecule has 0 amide bonds. The molecule has 23 heavy (non-hydrogen) atoms. The van der Waals surface area contributed by atoms with Gasteiger partial charge in [-0.25, -0.2) is 4.98 Å². The quantitative estimate of drug-likeness (QED) is 0.598. The van der Waals surface area contributed by atoms with E-state index in [0.717, 1.165) is 24.2 Å². The van der Waals surface area contributed by atoms with Crippen LogP contribution < -0.4 is 15.4 Å². The third-order valence-corrected chi connectivity index (χ3v) is 3.47. The molecule has 0 saturated heterocycles. The van der Waals surface area contributed by atoms with Gasteiger partial charge in [-0.3, -0.25) is 10.1 Å². The number of nitrogens with one attached hydrogen (secondary N) is 2. The highest BCUT2D eigenvalue weighted by molar-refractivity contribution is 5.58. The lowest BCUT2D eigenvalue weighted by Crippen LogP contribution is -2.10. The van der Waals surface area contributed by atoms with Gasteiger partial charge in [0.25, 0.3) is 0 Å². The molecule has 3 rings (SSSR count). The van der Waals surface area contributed by atoms with Gasteiger partial charge in [0, 0.05) is 12.6 Å². The van der Waals surface area contributed by atoms with Gasteiger partial charge in [0.05, 0.1) is 12.0 Å². The van der Waals surface area contributed by atoms with E-state index in [0.29, 0.717) is 12.5 Å². The van der Waals surface area contributed by atoms with Crippen LogP contribution in [0.3, 0.4) is 0 Å². The molecule has 2 N–H and O–H groups in total. The fourth-order valence-corrected chi connectivity index (χ4v) is 2.09. The maximum absolute atomic E-state index is 11.0. The number of hydrogen-bond donors (Lipinski definition) is 2. The minimum Gasteiger partial charge on any atom is -0.497 e. The van der Waals surface area contributed by atoms with E-state index in [-0.39, 0.29) is 17.5 Å². The van der Waals surface area contributed by atoms with Crippen molar-refractivity contribution in [3.8, 4) is 5.75 Å². The van der Waals surface area contributed by atoms with E-state index in [4.69, 9.17) is 4.74 Å². The average Bonchev–Trinajstić information content (AvgIpc) is 3.37. The van der Waals surface area contributed by atoms with Gasteiger partial charge in [-0.1, -0.05) is 12.1 Å². The zero-order valence-electron chi connectivity index (χ0n) is 12.7. The fraction of sp³-hybridized carbons (Fsp3) is 0.333. The molecule has 1 aromatic carbocycles. The van der Waals surface area contributed by atoms with E-state index in [1.807, 2.05) is 24.3 Å². The Morgan fingerprint density at radius 3 is 2.96 bits per heavy atom. The molecule has 1 fully saturated rings. The monoisotopic (exact) mass is 315 g/mol. The highest BCUT2D eigenvalue weighted by Gasteiger charge is 2.26. The Morgan fingerprint density at radius 2 is 2.26 bits per heavy atom. The lowest BCUT2D eigenvalue weighted by molar-refractivity contribution is -0.384. The number of aromatic nitrogens is 2. The summed E-state index contributed by atoms with van der Waals surface area (Å²) in [5.74, 6) is 1.38. The van der Waals surface area contributed by atoms with Gasteiger partial charge in [-0.15, -0.1) is 0 Å². The predicted molar refractivity (Wildman–Crippen MR) is 85.7 cm³/mol. The number of methoxy groups -OCH3 is 1. The molecule has 0 unspecified atom stereocenters. The van der Waals surface area contributed by atoms with Crippen molar-refractivity contribution in [1.82, 2.24) is 9.97 Å². The summed E-state index contributed by atoms with van der Waals surface area (Å²) in [4.78, 5) is 18.8. The summed E-state index contributed by atoms with van der Waals surface area (Å²) >= 11 is 0. The van der Waals surface area contributed by atoms with Gasteiger partial charge >= 0.3 is 5.69 Å². The van der Waals surface area contributed by atoms with Crippen LogP contribution in [0.25, 0.3) is 0 Å². The van der Waals surface area contributed by atoms with E-state index in [2.05, 4.69) is 20.6 Å². The molecule has 1 aliphatic rings. The zero-order chi connectivity index (χ0) is 16.2. The number of nitro groups is 1. The van der Waals surface area contributed by atoms with E-state index in [9.17, 15) is 10.1 Å². The Balaban J connectivity index is 1.72. The van der Waals surface area contributed by atoms with Crippen LogP contribution >= 0.6 is 0 Å². The van der Waals surface area contributed by atoms with Crippen molar-refractivity contribution in [3.05, 3.63) is 46.1 Å². The summed E-state index contributed by atoms with van der Waals surface area (Å²) in [6, 6.07) is 7.89. The Kier molecular flexibility index (Phi) is 4.22. The first kappa shape index (κ1) is 15.0. The Morgan fingerprint density at radius 1 is 1.43 bits per heavy atom. The van der Waals surface area contributed by atoms with E-state index in [1.54, 1.807) is 7.11 Å². The largest absolute Gasteiger partial charge is 0.497 e. The van der Waals surface area contributed by atoms with Crippen molar-refractivity contribution in [2.45, 2.75) is 25.4 Å². The molecular formula is C15H17N5O3. The smallest absolute Gasteiger partial charge is 0.329 e. The highest BCUT2D eigenvalue weighted by Crippen LogP contribution is 2.29. The molecule has 8 heteroatoms. The molecule has 1 heterocycles. The fourth-order valence-electron chi connectivity index (χ4n) is 2.09. The summed E-state index contributed by atoms with van der Waals surface area (Å²) in [5, 5.41) is 17.2. The molecule has 0 bridgehead atoms. The van der Waals surface area contributed by atoms with Crippen LogP contribution in [0.1, 0.15) is 18.4 Å². The van der Waals surface area contributed by atoms with Gasteiger partial charge in [0.2, 0.25) is 11.8 Å². The molecular weight excluding hydrogens is 298 g/mol. The Labute approximate surface area is 133 Å². The normalized spacial score (nSPS) is 13.4. The molecule has 0 aliphatic heterocycles. The highest BCUT2D eigenvalue weighted by atomic mass is 16.6. The Hall–Kier alpha value is -2.90. The van der Waals surface area contributed by atoms with Crippen molar-refractivity contribution in [1.29, 1.82) is 0 Å². The maximum atomic E-state index is 11.0. The second-order valence-electron chi connectivity index (χ2n) is 5.31. The summed E-state index contributed by atoms with van der Waals surface area (Å²) in [6.45, 7) is 0.498. The van der Waals surface area contributed by atoms with Crippen LogP contribution in [0, 0.1) is 10.1 Å². The first-order chi connectivity index (χ1) is 11.2. The van der Waals surface area contributed by atoms with Crippen LogP contribution in [0.4, 0.5) is 17.5 Å². The standard InChI is InChI=1S/C15H17N5O3/c1-23-12-4-2-3-10(7-12)8-16-15-17-9-13(20(21)22)14(19-15)18-11-5-6-11/h2-4,7,9,11H,5-6,8H2,1H3,(H2,16,17,18,19). The minimum absolute atomic E-state index is 0.108. The minimum atomic E-state index is -0.476. The third-order valence-electron chi connectivity index (χ3n) is 3.47. The third kappa shape index (κ3) is 3.85. The zero-order valence-corrected chi connectivity index (χ0v) is 12.7. The van der Waals surface area contributed by atoms with Gasteiger partial charge in [0.15, 0.2) is 0 Å². The van der Waals surface area contributed by atoms with Crippen molar-refractivity contribution >= 4 is 17.5 Å². The number of benzene rings is 1. The number of rotatable bonds is 7. The van der Waals surface area contributed by atoms with Crippen molar-refractivity contribution in [2.24, 2.45) is 0 Å². The van der Waals surface area contributed by atoms with Crippen molar-refractivity contribution in [2.75, 3.05) is 17.7 Å². The molecule has 2 aromatic rings. The summed E-state index contributed by atoms with van der Waals surface area (Å²) < 4.78 is 5.17. The number of anilines is 2. The first-order valence-electron chi connectivity index (χ1n) is 7.30. The van der Waals surface area contributed by atoms with E-state index >= 15 is 0 Å². The lowest BCUT2D eigenvalue weighted by atomic mass is 10.2. The van der Waals surface area contributed by atoms with Crippen LogP contribution in [0.15, 0.2) is 30.5 Å². The van der Waals surface area contributed by atoms with Gasteiger partial charge in [0.1, 0.15) is 11.9 Å². The van der Waals surface area contributed by atoms with Crippen molar-refractivity contribution in [3.63, 3.8) is 0 Å². The Bertz CT molecular complexity index is 718. The van der Waals surface area contributed by atoms with Crippen LogP contribution in [0.2, 0.25) is 0 Å². The maximum Gasteiger partial charge on any atom is 0.329 e. The van der Waals surface area contributed by atoms with Gasteiger partial charge in [-0.2, -0.15) is 4.98 Å². The SMILES string of the molecule is COc1cccc(CNc2ncc([N+](=O)[O-])c(NC3CC3)n2)c1. The molecule has 8 nitrogen and oxygen atoms in total. The van der Waals surface area contributed by atoms with Crippen LogP contribution in [-0.4, -0.2) is 28.0 Å². The van der Waals surface area contributed by atoms with Crippen molar-refractivity contribution < 1.29 is 9.66 Å². The molecule has 1 saturated carbocycles. The van der Waals surface area contributed by atoms with Gasteiger partial charge < -0.3 is 15.4 Å².